The molecule has 2 nitrogen and oxygen atoms in total. The molecule has 22 heavy (non-hydrogen) atoms. The average molecular weight is 300 g/mol. The summed E-state index contributed by atoms with van der Waals surface area (Å²) in [6.07, 6.45) is 10.1. The zero-order valence-electron chi connectivity index (χ0n) is 13.7. The fraction of sp³-hybridized carbons (Fsp3) is 0.550. The molecule has 0 fully saturated rings. The highest BCUT2D eigenvalue weighted by Crippen LogP contribution is 2.10. The number of hydrogen-bond donors (Lipinski definition) is 1. The lowest BCUT2D eigenvalue weighted by molar-refractivity contribution is -0.137. The van der Waals surface area contributed by atoms with Crippen molar-refractivity contribution >= 4 is 5.97 Å². The van der Waals surface area contributed by atoms with Crippen LogP contribution in [0.25, 0.3) is 0 Å². The predicted octanol–water partition coefficient (Wildman–Crippen LogP) is 5.00. The van der Waals surface area contributed by atoms with Crippen LogP contribution in [0, 0.1) is 11.8 Å². The third-order valence-electron chi connectivity index (χ3n) is 3.70. The van der Waals surface area contributed by atoms with Crippen LogP contribution >= 0.6 is 0 Å². The van der Waals surface area contributed by atoms with Gasteiger partial charge in [0, 0.05) is 19.3 Å². The molecule has 2 heteroatoms. The number of unbranched alkanes of at least 4 members (excludes halogenated alkanes) is 5. The molecular weight excluding hydrogens is 272 g/mol. The molecule has 0 saturated carbocycles. The van der Waals surface area contributed by atoms with Gasteiger partial charge in [-0.05, 0) is 30.4 Å². The van der Waals surface area contributed by atoms with Gasteiger partial charge in [-0.1, -0.05) is 62.8 Å². The van der Waals surface area contributed by atoms with Crippen molar-refractivity contribution in [3.05, 3.63) is 35.4 Å². The first kappa shape index (κ1) is 18.3. The van der Waals surface area contributed by atoms with Crippen LogP contribution in [0.4, 0.5) is 0 Å². The third-order valence-corrected chi connectivity index (χ3v) is 3.70. The van der Waals surface area contributed by atoms with E-state index in [-0.39, 0.29) is 6.42 Å². The molecule has 1 rings (SSSR count). The van der Waals surface area contributed by atoms with E-state index < -0.39 is 5.97 Å². The maximum Gasteiger partial charge on any atom is 0.303 e. The van der Waals surface area contributed by atoms with Gasteiger partial charge in [-0.25, -0.2) is 0 Å². The van der Waals surface area contributed by atoms with E-state index >= 15 is 0 Å². The van der Waals surface area contributed by atoms with E-state index in [4.69, 9.17) is 5.11 Å². The van der Waals surface area contributed by atoms with Crippen LogP contribution in [0.1, 0.15) is 69.4 Å². The monoisotopic (exact) mass is 300 g/mol. The first-order valence-electron chi connectivity index (χ1n) is 8.47. The molecule has 0 heterocycles. The summed E-state index contributed by atoms with van der Waals surface area (Å²) in [7, 11) is 0. The Hall–Kier alpha value is -1.75. The Morgan fingerprint density at radius 3 is 2.32 bits per heavy atom. The van der Waals surface area contributed by atoms with Crippen LogP contribution in [0.3, 0.4) is 0 Å². The van der Waals surface area contributed by atoms with E-state index in [0.717, 1.165) is 6.42 Å². The summed E-state index contributed by atoms with van der Waals surface area (Å²) >= 11 is 0. The van der Waals surface area contributed by atoms with Crippen molar-refractivity contribution in [2.24, 2.45) is 0 Å². The summed E-state index contributed by atoms with van der Waals surface area (Å²) in [5, 5.41) is 8.53. The Morgan fingerprint density at radius 2 is 1.64 bits per heavy atom. The molecule has 1 aromatic carbocycles. The summed E-state index contributed by atoms with van der Waals surface area (Å²) in [6, 6.07) is 8.74. The second kappa shape index (κ2) is 11.9. The van der Waals surface area contributed by atoms with Crippen molar-refractivity contribution in [1.29, 1.82) is 0 Å². The molecular formula is C20H28O2. The van der Waals surface area contributed by atoms with Gasteiger partial charge in [0.25, 0.3) is 0 Å². The quantitative estimate of drug-likeness (QED) is 0.487. The van der Waals surface area contributed by atoms with Gasteiger partial charge in [-0.2, -0.15) is 0 Å². The second-order valence-electron chi connectivity index (χ2n) is 5.76. The smallest absolute Gasteiger partial charge is 0.303 e. The van der Waals surface area contributed by atoms with Crippen LogP contribution in [0.5, 0.6) is 0 Å². The van der Waals surface area contributed by atoms with Crippen molar-refractivity contribution in [3.8, 4) is 11.8 Å². The lowest BCUT2D eigenvalue weighted by Gasteiger charge is -2.03. The van der Waals surface area contributed by atoms with Gasteiger partial charge < -0.3 is 5.11 Å². The Morgan fingerprint density at radius 1 is 0.955 bits per heavy atom. The lowest BCUT2D eigenvalue weighted by atomic mass is 10.0. The first-order chi connectivity index (χ1) is 10.7. The van der Waals surface area contributed by atoms with E-state index in [2.05, 4.69) is 43.0 Å². The van der Waals surface area contributed by atoms with Crippen LogP contribution in [0.2, 0.25) is 0 Å². The van der Waals surface area contributed by atoms with Crippen molar-refractivity contribution in [2.75, 3.05) is 0 Å². The Balaban J connectivity index is 2.21. The third kappa shape index (κ3) is 9.23. The zero-order valence-corrected chi connectivity index (χ0v) is 13.7. The standard InChI is InChI=1S/C20H28O2/c1-2-3-4-5-8-11-18-14-16-19(17-15-18)12-9-6-7-10-13-20(21)22/h14-17H,2-5,7-8,10-13H2,1H3,(H,21,22). The highest BCUT2D eigenvalue weighted by Gasteiger charge is 1.96. The largest absolute Gasteiger partial charge is 0.481 e. The molecule has 0 spiro atoms. The Labute approximate surface area is 134 Å². The van der Waals surface area contributed by atoms with Crippen molar-refractivity contribution < 1.29 is 9.90 Å². The highest BCUT2D eigenvalue weighted by molar-refractivity contribution is 5.66. The van der Waals surface area contributed by atoms with Gasteiger partial charge in [-0.3, -0.25) is 4.79 Å². The van der Waals surface area contributed by atoms with E-state index in [0.29, 0.717) is 12.8 Å². The molecule has 0 atom stereocenters. The maximum atomic E-state index is 10.4. The second-order valence-corrected chi connectivity index (χ2v) is 5.76. The van der Waals surface area contributed by atoms with Gasteiger partial charge in [0.15, 0.2) is 0 Å². The Kier molecular flexibility index (Phi) is 9.87. The molecule has 120 valence electrons. The van der Waals surface area contributed by atoms with Crippen LogP contribution in [0.15, 0.2) is 24.3 Å². The summed E-state index contributed by atoms with van der Waals surface area (Å²) in [6.45, 7) is 2.24. The number of carboxylic acids is 1. The topological polar surface area (TPSA) is 37.3 Å². The van der Waals surface area contributed by atoms with Crippen molar-refractivity contribution in [2.45, 2.75) is 71.1 Å². The van der Waals surface area contributed by atoms with Crippen molar-refractivity contribution in [1.82, 2.24) is 0 Å². The van der Waals surface area contributed by atoms with Gasteiger partial charge in [-0.15, -0.1) is 5.92 Å². The van der Waals surface area contributed by atoms with Gasteiger partial charge in [0.05, 0.1) is 0 Å². The molecule has 0 aliphatic rings. The maximum absolute atomic E-state index is 10.4. The fourth-order valence-electron chi connectivity index (χ4n) is 2.34. The predicted molar refractivity (Wildman–Crippen MR) is 91.9 cm³/mol. The molecule has 0 radical (unpaired) electrons. The van der Waals surface area contributed by atoms with Gasteiger partial charge >= 0.3 is 5.97 Å². The number of hydrogen-bond acceptors (Lipinski definition) is 1. The number of carbonyl (C=O) groups is 1. The summed E-state index contributed by atoms with van der Waals surface area (Å²) < 4.78 is 0. The molecule has 0 aliphatic heterocycles. The molecule has 1 N–H and O–H groups in total. The minimum atomic E-state index is -0.743. The highest BCUT2D eigenvalue weighted by atomic mass is 16.4. The molecule has 0 saturated heterocycles. The van der Waals surface area contributed by atoms with E-state index in [1.165, 1.54) is 49.7 Å². The fourth-order valence-corrected chi connectivity index (χ4v) is 2.34. The zero-order chi connectivity index (χ0) is 16.0. The van der Waals surface area contributed by atoms with Crippen LogP contribution in [-0.4, -0.2) is 11.1 Å². The molecule has 0 unspecified atom stereocenters. The first-order valence-corrected chi connectivity index (χ1v) is 8.47. The number of aryl methyl sites for hydroxylation is 1. The molecule has 0 aromatic heterocycles. The van der Waals surface area contributed by atoms with Crippen LogP contribution < -0.4 is 0 Å². The number of rotatable bonds is 10. The van der Waals surface area contributed by atoms with E-state index in [1.807, 2.05) is 0 Å². The average Bonchev–Trinajstić information content (AvgIpc) is 2.51. The molecule has 0 bridgehead atoms. The summed E-state index contributed by atoms with van der Waals surface area (Å²) in [4.78, 5) is 10.4. The van der Waals surface area contributed by atoms with E-state index in [1.54, 1.807) is 0 Å². The molecule has 1 aromatic rings. The van der Waals surface area contributed by atoms with Gasteiger partial charge in [0.1, 0.15) is 0 Å². The number of benzene rings is 1. The number of carboxylic acid groups (broad SMARTS) is 1. The lowest BCUT2D eigenvalue weighted by Crippen LogP contribution is -1.92. The van der Waals surface area contributed by atoms with Crippen LogP contribution in [-0.2, 0) is 17.6 Å². The van der Waals surface area contributed by atoms with E-state index in [9.17, 15) is 4.79 Å². The van der Waals surface area contributed by atoms with Gasteiger partial charge in [0.2, 0.25) is 0 Å². The SMILES string of the molecule is CCCCCCCc1ccc(CC#CCCCC(=O)O)cc1. The minimum Gasteiger partial charge on any atom is -0.481 e. The van der Waals surface area contributed by atoms with Crippen molar-refractivity contribution in [3.63, 3.8) is 0 Å². The Bertz CT molecular complexity index is 477. The number of aliphatic carboxylic acids is 1. The summed E-state index contributed by atoms with van der Waals surface area (Å²) in [5.74, 6) is 5.42. The molecule has 0 aliphatic carbocycles. The molecule has 0 amide bonds. The normalized spacial score (nSPS) is 10.0. The minimum absolute atomic E-state index is 0.210. The summed E-state index contributed by atoms with van der Waals surface area (Å²) in [5.41, 5.74) is 2.65.